The minimum atomic E-state index is -0.597. The molecule has 182 valence electrons. The van der Waals surface area contributed by atoms with Crippen molar-refractivity contribution in [1.29, 1.82) is 0 Å². The van der Waals surface area contributed by atoms with Crippen LogP contribution >= 0.6 is 22.7 Å². The van der Waals surface area contributed by atoms with Gasteiger partial charge in [-0.2, -0.15) is 0 Å². The fourth-order valence-electron chi connectivity index (χ4n) is 2.95. The lowest BCUT2D eigenvalue weighted by Crippen LogP contribution is -2.49. The SMILES string of the molecule is CC(C)c1nc(CN(C)C(=O)NC(C(=O)CCCNC(=O)OCc2cncs2)C(C)C)cs1. The standard InChI is InChI=1S/C22H33N5O4S2/c1-14(2)19(26-21(29)27(5)10-16-12-32-20(25-16)15(3)4)18(28)7-6-8-24-22(30)31-11-17-9-23-13-33-17/h9,12-15,19H,6-8,10-11H2,1-5H3,(H,24,30)(H,26,29). The zero-order valence-electron chi connectivity index (χ0n) is 19.8. The van der Waals surface area contributed by atoms with Crippen LogP contribution in [0.15, 0.2) is 17.1 Å². The average molecular weight is 496 g/mol. The molecule has 0 spiro atoms. The Balaban J connectivity index is 1.73. The molecule has 1 unspecified atom stereocenters. The van der Waals surface area contributed by atoms with Crippen LogP contribution in [0, 0.1) is 5.92 Å². The Morgan fingerprint density at radius 2 is 1.94 bits per heavy atom. The summed E-state index contributed by atoms with van der Waals surface area (Å²) in [5.74, 6) is 0.224. The number of carbonyl (C=O) groups is 3. The molecule has 0 aliphatic carbocycles. The number of carbonyl (C=O) groups excluding carboxylic acids is 3. The summed E-state index contributed by atoms with van der Waals surface area (Å²) in [6.45, 7) is 8.82. The Kier molecular flexibility index (Phi) is 10.7. The quantitative estimate of drug-likeness (QED) is 0.427. The van der Waals surface area contributed by atoms with Gasteiger partial charge in [0.05, 0.1) is 33.7 Å². The van der Waals surface area contributed by atoms with Crippen LogP contribution in [-0.2, 0) is 22.7 Å². The molecular weight excluding hydrogens is 462 g/mol. The first-order chi connectivity index (χ1) is 15.7. The number of alkyl carbamates (subject to hydrolysis) is 1. The maximum absolute atomic E-state index is 12.7. The van der Waals surface area contributed by atoms with E-state index < -0.39 is 12.1 Å². The summed E-state index contributed by atoms with van der Waals surface area (Å²) in [6.07, 6.45) is 1.81. The molecule has 0 bridgehead atoms. The summed E-state index contributed by atoms with van der Waals surface area (Å²) in [6, 6.07) is -0.911. The van der Waals surface area contributed by atoms with Crippen molar-refractivity contribution in [2.75, 3.05) is 13.6 Å². The van der Waals surface area contributed by atoms with Gasteiger partial charge >= 0.3 is 12.1 Å². The first-order valence-corrected chi connectivity index (χ1v) is 12.7. The van der Waals surface area contributed by atoms with Crippen molar-refractivity contribution < 1.29 is 19.1 Å². The second kappa shape index (κ2) is 13.2. The number of hydrogen-bond donors (Lipinski definition) is 2. The highest BCUT2D eigenvalue weighted by molar-refractivity contribution is 7.09. The van der Waals surface area contributed by atoms with Crippen molar-refractivity contribution in [3.63, 3.8) is 0 Å². The number of ether oxygens (including phenoxy) is 1. The molecule has 0 saturated carbocycles. The third kappa shape index (κ3) is 9.09. The van der Waals surface area contributed by atoms with E-state index in [4.69, 9.17) is 4.74 Å². The Morgan fingerprint density at radius 1 is 1.18 bits per heavy atom. The molecule has 1 atom stereocenters. The van der Waals surface area contributed by atoms with Crippen LogP contribution in [0.4, 0.5) is 9.59 Å². The molecule has 2 rings (SSSR count). The Bertz CT molecular complexity index is 898. The van der Waals surface area contributed by atoms with Gasteiger partial charge in [0.2, 0.25) is 0 Å². The van der Waals surface area contributed by atoms with Crippen molar-refractivity contribution in [3.05, 3.63) is 32.7 Å². The zero-order valence-corrected chi connectivity index (χ0v) is 21.4. The monoisotopic (exact) mass is 495 g/mol. The highest BCUT2D eigenvalue weighted by atomic mass is 32.1. The molecule has 11 heteroatoms. The normalized spacial score (nSPS) is 12.0. The van der Waals surface area contributed by atoms with Crippen LogP contribution < -0.4 is 10.6 Å². The molecule has 3 amide bonds. The molecule has 0 fully saturated rings. The number of thiazole rings is 2. The molecule has 0 radical (unpaired) electrons. The van der Waals surface area contributed by atoms with Crippen LogP contribution in [0.3, 0.4) is 0 Å². The van der Waals surface area contributed by atoms with E-state index in [0.717, 1.165) is 15.6 Å². The Hall–Kier alpha value is -2.53. The number of urea groups is 1. The maximum atomic E-state index is 12.7. The van der Waals surface area contributed by atoms with E-state index in [9.17, 15) is 14.4 Å². The second-order valence-electron chi connectivity index (χ2n) is 8.40. The van der Waals surface area contributed by atoms with E-state index in [2.05, 4.69) is 34.4 Å². The van der Waals surface area contributed by atoms with Crippen molar-refractivity contribution in [3.8, 4) is 0 Å². The summed E-state index contributed by atoms with van der Waals surface area (Å²) in [5, 5.41) is 8.48. The van der Waals surface area contributed by atoms with Gasteiger partial charge in [-0.1, -0.05) is 27.7 Å². The van der Waals surface area contributed by atoms with E-state index in [1.807, 2.05) is 19.2 Å². The summed E-state index contributed by atoms with van der Waals surface area (Å²) >= 11 is 3.00. The molecular formula is C22H33N5O4S2. The molecule has 2 aromatic heterocycles. The van der Waals surface area contributed by atoms with E-state index in [1.54, 1.807) is 30.1 Å². The number of amides is 3. The first-order valence-electron chi connectivity index (χ1n) is 10.9. The van der Waals surface area contributed by atoms with Crippen LogP contribution in [0.5, 0.6) is 0 Å². The van der Waals surface area contributed by atoms with E-state index in [0.29, 0.717) is 25.4 Å². The van der Waals surface area contributed by atoms with E-state index >= 15 is 0 Å². The largest absolute Gasteiger partial charge is 0.444 e. The van der Waals surface area contributed by atoms with Crippen LogP contribution in [0.25, 0.3) is 0 Å². The third-order valence-electron chi connectivity index (χ3n) is 4.80. The van der Waals surface area contributed by atoms with Gasteiger partial charge in [-0.25, -0.2) is 14.6 Å². The van der Waals surface area contributed by atoms with Crippen molar-refractivity contribution in [2.24, 2.45) is 5.92 Å². The average Bonchev–Trinajstić information content (AvgIpc) is 3.45. The van der Waals surface area contributed by atoms with Crippen LogP contribution in [0.1, 0.15) is 62.0 Å². The number of nitrogens with one attached hydrogen (secondary N) is 2. The molecule has 0 aliphatic rings. The predicted molar refractivity (Wildman–Crippen MR) is 129 cm³/mol. The minimum absolute atomic E-state index is 0.0565. The second-order valence-corrected chi connectivity index (χ2v) is 10.3. The van der Waals surface area contributed by atoms with Crippen molar-refractivity contribution >= 4 is 40.6 Å². The maximum Gasteiger partial charge on any atom is 0.407 e. The smallest absolute Gasteiger partial charge is 0.407 e. The van der Waals surface area contributed by atoms with Crippen molar-refractivity contribution in [1.82, 2.24) is 25.5 Å². The number of hydrogen-bond acceptors (Lipinski definition) is 8. The lowest BCUT2D eigenvalue weighted by atomic mass is 9.97. The zero-order chi connectivity index (χ0) is 24.4. The van der Waals surface area contributed by atoms with Crippen LogP contribution in [0.2, 0.25) is 0 Å². The predicted octanol–water partition coefficient (Wildman–Crippen LogP) is 4.16. The molecule has 0 aliphatic heterocycles. The van der Waals surface area contributed by atoms with Gasteiger partial charge in [0.1, 0.15) is 6.61 Å². The van der Waals surface area contributed by atoms with E-state index in [1.165, 1.54) is 16.2 Å². The van der Waals surface area contributed by atoms with Gasteiger partial charge < -0.3 is 20.3 Å². The van der Waals surface area contributed by atoms with Gasteiger partial charge in [-0.05, 0) is 12.3 Å². The number of ketones is 1. The molecule has 0 saturated heterocycles. The molecule has 2 aromatic rings. The third-order valence-corrected chi connectivity index (χ3v) is 6.75. The number of aromatic nitrogens is 2. The number of Topliss-reactive ketones (excluding diaryl/α,β-unsaturated/α-hetero) is 1. The van der Waals surface area contributed by atoms with Crippen LogP contribution in [-0.4, -0.2) is 52.4 Å². The number of rotatable bonds is 12. The topological polar surface area (TPSA) is 114 Å². The molecule has 33 heavy (non-hydrogen) atoms. The van der Waals surface area contributed by atoms with E-state index in [-0.39, 0.29) is 30.8 Å². The summed E-state index contributed by atoms with van der Waals surface area (Å²) in [5.41, 5.74) is 2.51. The fraction of sp³-hybridized carbons (Fsp3) is 0.591. The molecule has 2 heterocycles. The molecule has 2 N–H and O–H groups in total. The molecule has 0 aromatic carbocycles. The van der Waals surface area contributed by atoms with Gasteiger partial charge in [0.15, 0.2) is 5.78 Å². The lowest BCUT2D eigenvalue weighted by molar-refractivity contribution is -0.121. The summed E-state index contributed by atoms with van der Waals surface area (Å²) in [4.78, 5) is 48.0. The summed E-state index contributed by atoms with van der Waals surface area (Å²) in [7, 11) is 1.69. The minimum Gasteiger partial charge on any atom is -0.444 e. The lowest BCUT2D eigenvalue weighted by Gasteiger charge is -2.25. The Labute approximate surface area is 203 Å². The Morgan fingerprint density at radius 3 is 2.55 bits per heavy atom. The number of nitrogens with zero attached hydrogens (tertiary/aromatic N) is 3. The van der Waals surface area contributed by atoms with Gasteiger partial charge in [0.25, 0.3) is 0 Å². The summed E-state index contributed by atoms with van der Waals surface area (Å²) < 4.78 is 5.09. The van der Waals surface area contributed by atoms with Gasteiger partial charge in [-0.15, -0.1) is 22.7 Å². The first kappa shape index (κ1) is 26.7. The highest BCUT2D eigenvalue weighted by Crippen LogP contribution is 2.20. The highest BCUT2D eigenvalue weighted by Gasteiger charge is 2.25. The molecule has 9 nitrogen and oxygen atoms in total. The van der Waals surface area contributed by atoms with Crippen molar-refractivity contribution in [2.45, 2.75) is 65.6 Å². The van der Waals surface area contributed by atoms with Gasteiger partial charge in [-0.3, -0.25) is 9.78 Å². The fourth-order valence-corrected chi connectivity index (χ4v) is 4.28. The van der Waals surface area contributed by atoms with Gasteiger partial charge in [0, 0.05) is 37.5 Å².